The molecule has 0 fully saturated rings. The highest BCUT2D eigenvalue weighted by Crippen LogP contribution is 2.36. The van der Waals surface area contributed by atoms with E-state index in [1.807, 2.05) is 32.9 Å². The Morgan fingerprint density at radius 2 is 1.68 bits per heavy atom. The van der Waals surface area contributed by atoms with Crippen molar-refractivity contribution >= 4 is 16.8 Å². The maximum absolute atomic E-state index is 13.0. The van der Waals surface area contributed by atoms with Crippen molar-refractivity contribution in [2.45, 2.75) is 60.0 Å². The summed E-state index contributed by atoms with van der Waals surface area (Å²) in [5.41, 5.74) is 1.81. The van der Waals surface area contributed by atoms with E-state index in [1.54, 1.807) is 0 Å². The molecule has 120 valence electrons. The fraction of sp³-hybridized carbons (Fsp3) is 0.526. The minimum atomic E-state index is -0.244. The summed E-state index contributed by atoms with van der Waals surface area (Å²) < 4.78 is 2.18. The summed E-state index contributed by atoms with van der Waals surface area (Å²) in [6, 6.07) is 10.2. The van der Waals surface area contributed by atoms with Crippen LogP contribution in [0.15, 0.2) is 30.3 Å². The smallest absolute Gasteiger partial charge is 0.244 e. The summed E-state index contributed by atoms with van der Waals surface area (Å²) >= 11 is 0. The molecule has 0 spiro atoms. The van der Waals surface area contributed by atoms with Crippen LogP contribution in [0.4, 0.5) is 0 Å². The second kappa shape index (κ2) is 5.45. The first-order valence-electron chi connectivity index (χ1n) is 7.89. The van der Waals surface area contributed by atoms with Gasteiger partial charge in [-0.2, -0.15) is 0 Å². The molecule has 3 nitrogen and oxygen atoms in total. The third kappa shape index (κ3) is 3.34. The number of hydrogen-bond acceptors (Lipinski definition) is 1. The van der Waals surface area contributed by atoms with E-state index in [0.29, 0.717) is 0 Å². The molecule has 1 heterocycles. The van der Waals surface area contributed by atoms with Gasteiger partial charge in [-0.05, 0) is 50.6 Å². The minimum Gasteiger partial charge on any atom is -0.350 e. The number of aromatic nitrogens is 1. The standard InChI is InChI=1S/C19H28N2O/c1-13-12-14-10-8-9-11-15(14)21(13)16(18(2,3)4)17(22)20-19(5,6)7/h8-12,16H,1-7H3,(H,20,22). The van der Waals surface area contributed by atoms with Gasteiger partial charge in [0.25, 0.3) is 0 Å². The number of carbonyl (C=O) groups is 1. The molecule has 1 unspecified atom stereocenters. The van der Waals surface area contributed by atoms with Gasteiger partial charge in [-0.15, -0.1) is 0 Å². The lowest BCUT2D eigenvalue weighted by Crippen LogP contribution is -2.47. The fourth-order valence-electron chi connectivity index (χ4n) is 2.99. The highest BCUT2D eigenvalue weighted by molar-refractivity contribution is 5.87. The highest BCUT2D eigenvalue weighted by Gasteiger charge is 2.35. The van der Waals surface area contributed by atoms with Crippen molar-refractivity contribution in [3.63, 3.8) is 0 Å². The topological polar surface area (TPSA) is 34.0 Å². The van der Waals surface area contributed by atoms with Crippen molar-refractivity contribution in [3.8, 4) is 0 Å². The van der Waals surface area contributed by atoms with Crippen molar-refractivity contribution in [2.75, 3.05) is 0 Å². The van der Waals surface area contributed by atoms with Crippen LogP contribution in [0.5, 0.6) is 0 Å². The molecule has 3 heteroatoms. The molecule has 0 saturated heterocycles. The van der Waals surface area contributed by atoms with E-state index >= 15 is 0 Å². The average Bonchev–Trinajstić information content (AvgIpc) is 2.62. The average molecular weight is 300 g/mol. The monoisotopic (exact) mass is 300 g/mol. The van der Waals surface area contributed by atoms with Crippen molar-refractivity contribution in [2.24, 2.45) is 5.41 Å². The number of rotatable bonds is 2. The summed E-state index contributed by atoms with van der Waals surface area (Å²) in [7, 11) is 0. The number of fused-ring (bicyclic) bond motifs is 1. The first-order valence-corrected chi connectivity index (χ1v) is 7.89. The van der Waals surface area contributed by atoms with E-state index in [4.69, 9.17) is 0 Å². The molecule has 0 aliphatic rings. The maximum atomic E-state index is 13.0. The Morgan fingerprint density at radius 3 is 2.23 bits per heavy atom. The van der Waals surface area contributed by atoms with Crippen molar-refractivity contribution in [3.05, 3.63) is 36.0 Å². The number of hydrogen-bond donors (Lipinski definition) is 1. The number of nitrogens with one attached hydrogen (secondary N) is 1. The van der Waals surface area contributed by atoms with Gasteiger partial charge in [0.15, 0.2) is 0 Å². The number of amides is 1. The quantitative estimate of drug-likeness (QED) is 0.873. The molecule has 2 aromatic rings. The lowest BCUT2D eigenvalue weighted by molar-refractivity contribution is -0.128. The van der Waals surface area contributed by atoms with Crippen molar-refractivity contribution in [1.82, 2.24) is 9.88 Å². The number of nitrogens with zero attached hydrogens (tertiary/aromatic N) is 1. The summed E-state index contributed by atoms with van der Waals surface area (Å²) in [4.78, 5) is 13.0. The lowest BCUT2D eigenvalue weighted by atomic mass is 9.85. The third-order valence-electron chi connectivity index (χ3n) is 3.77. The largest absolute Gasteiger partial charge is 0.350 e. The zero-order valence-electron chi connectivity index (χ0n) is 14.8. The number of para-hydroxylation sites is 1. The predicted molar refractivity (Wildman–Crippen MR) is 93.1 cm³/mol. The Hall–Kier alpha value is -1.77. The van der Waals surface area contributed by atoms with Crippen LogP contribution in [0.3, 0.4) is 0 Å². The first-order chi connectivity index (χ1) is 10.0. The molecule has 0 aliphatic heterocycles. The molecule has 1 atom stereocenters. The summed E-state index contributed by atoms with van der Waals surface area (Å²) in [5, 5.41) is 4.32. The normalized spacial score (nSPS) is 14.1. The molecule has 1 aromatic carbocycles. The van der Waals surface area contributed by atoms with Gasteiger partial charge in [0.05, 0.1) is 0 Å². The molecular formula is C19H28N2O. The van der Waals surface area contributed by atoms with Gasteiger partial charge in [0.1, 0.15) is 6.04 Å². The van der Waals surface area contributed by atoms with Gasteiger partial charge >= 0.3 is 0 Å². The molecular weight excluding hydrogens is 272 g/mol. The highest BCUT2D eigenvalue weighted by atomic mass is 16.2. The molecule has 0 bridgehead atoms. The second-order valence-corrected chi connectivity index (χ2v) is 8.22. The summed E-state index contributed by atoms with van der Waals surface area (Å²) in [5.74, 6) is 0.0736. The van der Waals surface area contributed by atoms with Crippen LogP contribution in [-0.2, 0) is 4.79 Å². The molecule has 0 saturated carbocycles. The minimum absolute atomic E-state index is 0.0736. The van der Waals surface area contributed by atoms with E-state index in [-0.39, 0.29) is 22.9 Å². The van der Waals surface area contributed by atoms with Gasteiger partial charge in [-0.1, -0.05) is 39.0 Å². The van der Waals surface area contributed by atoms with Crippen LogP contribution in [0.1, 0.15) is 53.3 Å². The molecule has 1 N–H and O–H groups in total. The number of carbonyl (C=O) groups excluding carboxylic acids is 1. The number of benzene rings is 1. The molecule has 1 aromatic heterocycles. The van der Waals surface area contributed by atoms with E-state index in [9.17, 15) is 4.79 Å². The summed E-state index contributed by atoms with van der Waals surface area (Å²) in [6.07, 6.45) is 0. The van der Waals surface area contributed by atoms with E-state index in [0.717, 1.165) is 11.2 Å². The number of aryl methyl sites for hydroxylation is 1. The van der Waals surface area contributed by atoms with Crippen LogP contribution in [0.25, 0.3) is 10.9 Å². The van der Waals surface area contributed by atoms with Gasteiger partial charge in [0.2, 0.25) is 5.91 Å². The Kier molecular flexibility index (Phi) is 4.12. The van der Waals surface area contributed by atoms with Crippen LogP contribution < -0.4 is 5.32 Å². The van der Waals surface area contributed by atoms with Crippen LogP contribution in [0, 0.1) is 12.3 Å². The SMILES string of the molecule is Cc1cc2ccccc2n1C(C(=O)NC(C)(C)C)C(C)(C)C. The summed E-state index contributed by atoms with van der Waals surface area (Å²) in [6.45, 7) is 14.5. The zero-order valence-corrected chi connectivity index (χ0v) is 14.8. The van der Waals surface area contributed by atoms with E-state index in [2.05, 4.69) is 55.8 Å². The maximum Gasteiger partial charge on any atom is 0.244 e. The Balaban J connectivity index is 2.59. The van der Waals surface area contributed by atoms with Crippen LogP contribution in [0.2, 0.25) is 0 Å². The Labute approximate surface area is 133 Å². The molecule has 0 radical (unpaired) electrons. The van der Waals surface area contributed by atoms with Gasteiger partial charge in [-0.3, -0.25) is 4.79 Å². The first kappa shape index (κ1) is 16.6. The van der Waals surface area contributed by atoms with Gasteiger partial charge < -0.3 is 9.88 Å². The molecule has 2 rings (SSSR count). The molecule has 0 aliphatic carbocycles. The predicted octanol–water partition coefficient (Wildman–Crippen LogP) is 4.45. The van der Waals surface area contributed by atoms with Crippen molar-refractivity contribution < 1.29 is 4.79 Å². The van der Waals surface area contributed by atoms with Gasteiger partial charge in [0, 0.05) is 16.7 Å². The Morgan fingerprint density at radius 1 is 1.09 bits per heavy atom. The van der Waals surface area contributed by atoms with Gasteiger partial charge in [-0.25, -0.2) is 0 Å². The molecule has 1 amide bonds. The third-order valence-corrected chi connectivity index (χ3v) is 3.77. The van der Waals surface area contributed by atoms with Crippen LogP contribution >= 0.6 is 0 Å². The lowest BCUT2D eigenvalue weighted by Gasteiger charge is -2.35. The fourth-order valence-corrected chi connectivity index (χ4v) is 2.99. The zero-order chi connectivity index (χ0) is 16.7. The van der Waals surface area contributed by atoms with E-state index in [1.165, 1.54) is 5.39 Å². The second-order valence-electron chi connectivity index (χ2n) is 8.22. The van der Waals surface area contributed by atoms with E-state index < -0.39 is 0 Å². The van der Waals surface area contributed by atoms with Crippen molar-refractivity contribution in [1.29, 1.82) is 0 Å². The Bertz CT molecular complexity index is 684. The molecule has 22 heavy (non-hydrogen) atoms. The van der Waals surface area contributed by atoms with Crippen LogP contribution in [-0.4, -0.2) is 16.0 Å².